The molecule has 3 aromatic rings. The van der Waals surface area contributed by atoms with Crippen molar-refractivity contribution in [3.8, 4) is 5.75 Å². The van der Waals surface area contributed by atoms with Crippen molar-refractivity contribution in [2.75, 3.05) is 6.61 Å². The number of amides is 2. The summed E-state index contributed by atoms with van der Waals surface area (Å²) < 4.78 is 11.7. The molecule has 0 saturated carbocycles. The normalized spacial score (nSPS) is 16.2. The number of carbonyl (C=O) groups is 3. The summed E-state index contributed by atoms with van der Waals surface area (Å²) in [7, 11) is 0. The minimum atomic E-state index is -0.692. The lowest BCUT2D eigenvalue weighted by Crippen LogP contribution is -2.25. The number of aromatic nitrogens is 1. The first-order valence-corrected chi connectivity index (χ1v) is 11.3. The van der Waals surface area contributed by atoms with Crippen molar-refractivity contribution in [3.63, 3.8) is 0 Å². The standard InChI is InChI=1S/C25H22N2O5S/c1-16-6-5-13-26-22(16)20(32-24(29)18-7-3-2-4-8-18)15-31-19-11-9-17(10-12-19)14-21-23(28)27-25(30)33-21/h2-13,20-21H,14-15H2,1H3,(H,27,28,30). The maximum Gasteiger partial charge on any atom is 0.338 e. The van der Waals surface area contributed by atoms with Crippen LogP contribution in [-0.4, -0.2) is 34.0 Å². The van der Waals surface area contributed by atoms with Crippen molar-refractivity contribution < 1.29 is 23.9 Å². The number of ether oxygens (including phenoxy) is 2. The number of rotatable bonds is 8. The van der Waals surface area contributed by atoms with Gasteiger partial charge in [-0.05, 0) is 54.8 Å². The average molecular weight is 463 g/mol. The van der Waals surface area contributed by atoms with Crippen LogP contribution in [0.4, 0.5) is 4.79 Å². The van der Waals surface area contributed by atoms with Crippen LogP contribution in [0.15, 0.2) is 72.9 Å². The number of pyridine rings is 1. The lowest BCUT2D eigenvalue weighted by Gasteiger charge is -2.20. The Morgan fingerprint density at radius 3 is 2.48 bits per heavy atom. The largest absolute Gasteiger partial charge is 0.489 e. The maximum absolute atomic E-state index is 12.6. The molecule has 8 heteroatoms. The molecule has 0 aliphatic carbocycles. The van der Waals surface area contributed by atoms with E-state index in [1.807, 2.05) is 37.3 Å². The predicted molar refractivity (Wildman–Crippen MR) is 124 cm³/mol. The second kappa shape index (κ2) is 10.3. The Morgan fingerprint density at radius 2 is 1.82 bits per heavy atom. The number of benzene rings is 2. The fourth-order valence-corrected chi connectivity index (χ4v) is 4.27. The molecule has 0 spiro atoms. The van der Waals surface area contributed by atoms with Crippen molar-refractivity contribution in [1.29, 1.82) is 0 Å². The van der Waals surface area contributed by atoms with E-state index in [1.165, 1.54) is 0 Å². The number of hydrogen-bond acceptors (Lipinski definition) is 7. The zero-order valence-electron chi connectivity index (χ0n) is 17.9. The molecule has 1 aliphatic rings. The highest BCUT2D eigenvalue weighted by molar-refractivity contribution is 8.15. The summed E-state index contributed by atoms with van der Waals surface area (Å²) in [6.45, 7) is 1.99. The van der Waals surface area contributed by atoms with Gasteiger partial charge in [0.2, 0.25) is 5.91 Å². The van der Waals surface area contributed by atoms with Gasteiger partial charge in [0.1, 0.15) is 12.4 Å². The molecule has 2 heterocycles. The van der Waals surface area contributed by atoms with Gasteiger partial charge in [-0.3, -0.25) is 19.9 Å². The number of hydrogen-bond donors (Lipinski definition) is 1. The molecule has 2 unspecified atom stereocenters. The van der Waals surface area contributed by atoms with E-state index < -0.39 is 17.3 Å². The molecule has 7 nitrogen and oxygen atoms in total. The lowest BCUT2D eigenvalue weighted by molar-refractivity contribution is -0.118. The van der Waals surface area contributed by atoms with E-state index in [4.69, 9.17) is 9.47 Å². The number of nitrogens with zero attached hydrogens (tertiary/aromatic N) is 1. The van der Waals surface area contributed by atoms with Crippen molar-refractivity contribution >= 4 is 28.9 Å². The van der Waals surface area contributed by atoms with Gasteiger partial charge >= 0.3 is 5.97 Å². The molecule has 0 radical (unpaired) electrons. The van der Waals surface area contributed by atoms with Crippen molar-refractivity contribution in [3.05, 3.63) is 95.3 Å². The average Bonchev–Trinajstić information content (AvgIpc) is 3.14. The molecule has 1 saturated heterocycles. The van der Waals surface area contributed by atoms with Crippen LogP contribution < -0.4 is 10.1 Å². The van der Waals surface area contributed by atoms with Crippen LogP contribution >= 0.6 is 11.8 Å². The first-order chi connectivity index (χ1) is 16.0. The first-order valence-electron chi connectivity index (χ1n) is 10.4. The number of nitrogens with one attached hydrogen (secondary N) is 1. The number of esters is 1. The Morgan fingerprint density at radius 1 is 1.06 bits per heavy atom. The van der Waals surface area contributed by atoms with Gasteiger partial charge in [-0.25, -0.2) is 4.79 Å². The summed E-state index contributed by atoms with van der Waals surface area (Å²) in [5, 5.41) is 1.56. The Balaban J connectivity index is 1.43. The zero-order chi connectivity index (χ0) is 23.2. The first kappa shape index (κ1) is 22.5. The zero-order valence-corrected chi connectivity index (χ0v) is 18.7. The summed E-state index contributed by atoms with van der Waals surface area (Å²) in [5.74, 6) is -0.127. The highest BCUT2D eigenvalue weighted by Crippen LogP contribution is 2.25. The Kier molecular flexibility index (Phi) is 7.04. The molecule has 1 N–H and O–H groups in total. The predicted octanol–water partition coefficient (Wildman–Crippen LogP) is 4.26. The molecular weight excluding hydrogens is 440 g/mol. The van der Waals surface area contributed by atoms with Crippen LogP contribution in [-0.2, 0) is 16.0 Å². The fraction of sp³-hybridized carbons (Fsp3) is 0.200. The minimum absolute atomic E-state index is 0.0885. The van der Waals surface area contributed by atoms with Gasteiger partial charge in [0, 0.05) is 6.20 Å². The van der Waals surface area contributed by atoms with Crippen LogP contribution in [0.25, 0.3) is 0 Å². The second-order valence-electron chi connectivity index (χ2n) is 7.51. The van der Waals surface area contributed by atoms with Crippen LogP contribution in [0.3, 0.4) is 0 Å². The van der Waals surface area contributed by atoms with Crippen LogP contribution in [0.1, 0.15) is 33.3 Å². The van der Waals surface area contributed by atoms with Crippen LogP contribution in [0.2, 0.25) is 0 Å². The number of carbonyl (C=O) groups excluding carboxylic acids is 3. The molecule has 1 aliphatic heterocycles. The molecule has 4 rings (SSSR count). The lowest BCUT2D eigenvalue weighted by atomic mass is 10.1. The third-order valence-electron chi connectivity index (χ3n) is 5.13. The van der Waals surface area contributed by atoms with E-state index in [-0.39, 0.29) is 17.8 Å². The van der Waals surface area contributed by atoms with E-state index in [0.29, 0.717) is 23.4 Å². The van der Waals surface area contributed by atoms with Crippen LogP contribution in [0.5, 0.6) is 5.75 Å². The molecule has 0 bridgehead atoms. The van der Waals surface area contributed by atoms with E-state index >= 15 is 0 Å². The van der Waals surface area contributed by atoms with Gasteiger partial charge in [-0.1, -0.05) is 48.2 Å². The second-order valence-corrected chi connectivity index (χ2v) is 8.68. The SMILES string of the molecule is Cc1cccnc1C(COc1ccc(CC2SC(=O)NC2=O)cc1)OC(=O)c1ccccc1. The monoisotopic (exact) mass is 462 g/mol. The van der Waals surface area contributed by atoms with Crippen molar-refractivity contribution in [2.45, 2.75) is 24.7 Å². The summed E-state index contributed by atoms with van der Waals surface area (Å²) in [6, 6.07) is 19.8. The van der Waals surface area contributed by atoms with Crippen LogP contribution in [0, 0.1) is 6.92 Å². The molecule has 168 valence electrons. The van der Waals surface area contributed by atoms with E-state index in [9.17, 15) is 14.4 Å². The van der Waals surface area contributed by atoms with Gasteiger partial charge in [0.05, 0.1) is 16.5 Å². The van der Waals surface area contributed by atoms with Crippen molar-refractivity contribution in [1.82, 2.24) is 10.3 Å². The molecule has 33 heavy (non-hydrogen) atoms. The Labute approximate surface area is 195 Å². The highest BCUT2D eigenvalue weighted by atomic mass is 32.2. The molecular formula is C25H22N2O5S. The molecule has 2 amide bonds. The summed E-state index contributed by atoms with van der Waals surface area (Å²) in [5.41, 5.74) is 2.89. The molecule has 1 aromatic heterocycles. The molecule has 2 atom stereocenters. The third kappa shape index (κ3) is 5.78. The Hall–Kier alpha value is -3.65. The Bertz CT molecular complexity index is 1150. The number of aryl methyl sites for hydroxylation is 1. The van der Waals surface area contributed by atoms with Gasteiger partial charge < -0.3 is 9.47 Å². The number of imide groups is 1. The number of thioether (sulfide) groups is 1. The topological polar surface area (TPSA) is 94.6 Å². The maximum atomic E-state index is 12.6. The summed E-state index contributed by atoms with van der Waals surface area (Å²) in [6.07, 6.45) is 1.42. The minimum Gasteiger partial charge on any atom is -0.489 e. The van der Waals surface area contributed by atoms with Crippen molar-refractivity contribution in [2.24, 2.45) is 0 Å². The van der Waals surface area contributed by atoms with Gasteiger partial charge in [-0.15, -0.1) is 0 Å². The fourth-order valence-electron chi connectivity index (χ4n) is 3.41. The highest BCUT2D eigenvalue weighted by Gasteiger charge is 2.31. The molecule has 2 aromatic carbocycles. The van der Waals surface area contributed by atoms with Gasteiger partial charge in [-0.2, -0.15) is 0 Å². The molecule has 1 fully saturated rings. The van der Waals surface area contributed by atoms with Gasteiger partial charge in [0.15, 0.2) is 6.10 Å². The third-order valence-corrected chi connectivity index (χ3v) is 6.11. The van der Waals surface area contributed by atoms with Gasteiger partial charge in [0.25, 0.3) is 5.24 Å². The van der Waals surface area contributed by atoms with E-state index in [1.54, 1.807) is 42.6 Å². The van der Waals surface area contributed by atoms with E-state index in [0.717, 1.165) is 22.9 Å². The summed E-state index contributed by atoms with van der Waals surface area (Å²) >= 11 is 1.00. The summed E-state index contributed by atoms with van der Waals surface area (Å²) in [4.78, 5) is 40.1. The smallest absolute Gasteiger partial charge is 0.338 e. The van der Waals surface area contributed by atoms with E-state index in [2.05, 4.69) is 10.3 Å². The quantitative estimate of drug-likeness (QED) is 0.500.